The maximum Gasteiger partial charge on any atom is 0.418 e. The molecule has 0 bridgehead atoms. The highest BCUT2D eigenvalue weighted by atomic mass is 19.4. The number of hydrogen-bond acceptors (Lipinski definition) is 3. The van der Waals surface area contributed by atoms with Crippen molar-refractivity contribution in [2.75, 3.05) is 23.3 Å². The Balaban J connectivity index is 1.65. The summed E-state index contributed by atoms with van der Waals surface area (Å²) in [6.07, 6.45) is -1.49. The molecule has 1 amide bonds. The van der Waals surface area contributed by atoms with Crippen molar-refractivity contribution in [3.05, 3.63) is 53.3 Å². The molecule has 0 aromatic heterocycles. The molecular weight excluding hydrogens is 398 g/mol. The summed E-state index contributed by atoms with van der Waals surface area (Å²) in [7, 11) is 0. The van der Waals surface area contributed by atoms with Gasteiger partial charge in [-0.15, -0.1) is 0 Å². The van der Waals surface area contributed by atoms with Gasteiger partial charge in [-0.25, -0.2) is 4.39 Å². The van der Waals surface area contributed by atoms with Crippen molar-refractivity contribution < 1.29 is 22.4 Å². The highest BCUT2D eigenvalue weighted by Gasteiger charge is 2.36. The van der Waals surface area contributed by atoms with Crippen LogP contribution in [-0.2, 0) is 11.0 Å². The molecule has 2 aliphatic heterocycles. The van der Waals surface area contributed by atoms with Crippen molar-refractivity contribution in [3.8, 4) is 0 Å². The number of rotatable bonds is 3. The van der Waals surface area contributed by atoms with Crippen LogP contribution in [0.5, 0.6) is 0 Å². The molecule has 2 unspecified atom stereocenters. The number of aliphatic imine (C=N–C) groups is 1. The van der Waals surface area contributed by atoms with Crippen molar-refractivity contribution in [1.82, 2.24) is 0 Å². The summed E-state index contributed by atoms with van der Waals surface area (Å²) in [6.45, 7) is 3.18. The first-order valence-electron chi connectivity index (χ1n) is 9.83. The normalized spacial score (nSPS) is 21.8. The first-order valence-corrected chi connectivity index (χ1v) is 9.83. The summed E-state index contributed by atoms with van der Waals surface area (Å²) >= 11 is 0. The zero-order valence-corrected chi connectivity index (χ0v) is 16.3. The van der Waals surface area contributed by atoms with Gasteiger partial charge in [-0.1, -0.05) is 13.0 Å². The fourth-order valence-corrected chi connectivity index (χ4v) is 4.12. The lowest BCUT2D eigenvalue weighted by Gasteiger charge is -2.34. The molecule has 1 N–H and O–H groups in total. The molecule has 0 radical (unpaired) electrons. The predicted octanol–water partition coefficient (Wildman–Crippen LogP) is 5.52. The van der Waals surface area contributed by atoms with Gasteiger partial charge in [-0.2, -0.15) is 13.2 Å². The van der Waals surface area contributed by atoms with Crippen LogP contribution in [0.15, 0.2) is 41.4 Å². The summed E-state index contributed by atoms with van der Waals surface area (Å²) in [4.78, 5) is 18.0. The molecule has 158 valence electrons. The quantitative estimate of drug-likeness (QED) is 0.526. The molecule has 0 saturated carbocycles. The molecule has 2 heterocycles. The van der Waals surface area contributed by atoms with E-state index in [2.05, 4.69) is 10.3 Å². The summed E-state index contributed by atoms with van der Waals surface area (Å²) in [6, 6.07) is 8.19. The maximum atomic E-state index is 14.1. The highest BCUT2D eigenvalue weighted by molar-refractivity contribution is 6.12. The van der Waals surface area contributed by atoms with Gasteiger partial charge in [0.1, 0.15) is 11.7 Å². The van der Waals surface area contributed by atoms with Gasteiger partial charge in [-0.3, -0.25) is 9.79 Å². The van der Waals surface area contributed by atoms with E-state index in [1.807, 2.05) is 6.92 Å². The van der Waals surface area contributed by atoms with E-state index < -0.39 is 29.4 Å². The van der Waals surface area contributed by atoms with Crippen molar-refractivity contribution >= 4 is 29.2 Å². The Morgan fingerprint density at radius 2 is 2.03 bits per heavy atom. The van der Waals surface area contributed by atoms with Crippen molar-refractivity contribution in [2.24, 2.45) is 10.9 Å². The largest absolute Gasteiger partial charge is 0.418 e. The monoisotopic (exact) mass is 419 g/mol. The predicted molar refractivity (Wildman–Crippen MR) is 108 cm³/mol. The van der Waals surface area contributed by atoms with Gasteiger partial charge in [0.2, 0.25) is 5.91 Å². The van der Waals surface area contributed by atoms with Crippen molar-refractivity contribution in [2.45, 2.75) is 31.9 Å². The number of nitrogens with zero attached hydrogens (tertiary/aromatic N) is 2. The number of alkyl halides is 3. The number of halogens is 4. The molecule has 30 heavy (non-hydrogen) atoms. The van der Waals surface area contributed by atoms with Gasteiger partial charge >= 0.3 is 6.18 Å². The number of carbonyl (C=O) groups is 1. The number of anilines is 2. The van der Waals surface area contributed by atoms with Gasteiger partial charge in [0.15, 0.2) is 0 Å². The maximum absolute atomic E-state index is 14.1. The number of amides is 1. The second-order valence-corrected chi connectivity index (χ2v) is 7.84. The molecule has 8 heteroatoms. The number of hydrogen-bond donors (Lipinski definition) is 1. The lowest BCUT2D eigenvalue weighted by atomic mass is 9.98. The SMILES string of the molecule is CC1CCCN(c2ccc(N=CC3C(=O)Nc4cccc(F)c43)cc2C(F)(F)F)C1. The van der Waals surface area contributed by atoms with E-state index in [0.717, 1.165) is 18.9 Å². The number of piperidine rings is 1. The third-order valence-electron chi connectivity index (χ3n) is 5.56. The van der Waals surface area contributed by atoms with Crippen LogP contribution in [0.4, 0.5) is 34.6 Å². The first-order chi connectivity index (χ1) is 14.2. The Labute approximate surface area is 171 Å². The van der Waals surface area contributed by atoms with Crippen LogP contribution in [0.2, 0.25) is 0 Å². The second kappa shape index (κ2) is 7.74. The fraction of sp³-hybridized carbons (Fsp3) is 0.364. The van der Waals surface area contributed by atoms with Crippen LogP contribution < -0.4 is 10.2 Å². The summed E-state index contributed by atoms with van der Waals surface area (Å²) < 4.78 is 55.4. The highest BCUT2D eigenvalue weighted by Crippen LogP contribution is 2.40. The second-order valence-electron chi connectivity index (χ2n) is 7.84. The van der Waals surface area contributed by atoms with E-state index in [-0.39, 0.29) is 16.9 Å². The van der Waals surface area contributed by atoms with Gasteiger partial charge in [0.05, 0.1) is 11.3 Å². The fourth-order valence-electron chi connectivity index (χ4n) is 4.12. The number of fused-ring (bicyclic) bond motifs is 1. The lowest BCUT2D eigenvalue weighted by molar-refractivity contribution is -0.137. The van der Waals surface area contributed by atoms with Gasteiger partial charge < -0.3 is 10.2 Å². The number of carbonyl (C=O) groups excluding carboxylic acids is 1. The van der Waals surface area contributed by atoms with Crippen LogP contribution in [0.25, 0.3) is 0 Å². The Kier molecular flexibility index (Phi) is 5.26. The van der Waals surface area contributed by atoms with E-state index in [9.17, 15) is 22.4 Å². The Morgan fingerprint density at radius 1 is 1.23 bits per heavy atom. The zero-order chi connectivity index (χ0) is 21.5. The third-order valence-corrected chi connectivity index (χ3v) is 5.56. The van der Waals surface area contributed by atoms with Gasteiger partial charge in [0, 0.05) is 36.2 Å². The molecular formula is C22H21F4N3O. The molecule has 2 atom stereocenters. The van der Waals surface area contributed by atoms with E-state index in [0.29, 0.717) is 24.7 Å². The van der Waals surface area contributed by atoms with Crippen molar-refractivity contribution in [3.63, 3.8) is 0 Å². The Bertz CT molecular complexity index is 1000. The molecule has 2 aliphatic rings. The van der Waals surface area contributed by atoms with Crippen LogP contribution >= 0.6 is 0 Å². The topological polar surface area (TPSA) is 44.7 Å². The van der Waals surface area contributed by atoms with Crippen LogP contribution in [0, 0.1) is 11.7 Å². The smallest absolute Gasteiger partial charge is 0.371 e. The molecule has 0 aliphatic carbocycles. The lowest BCUT2D eigenvalue weighted by Crippen LogP contribution is -2.35. The van der Waals surface area contributed by atoms with Crippen LogP contribution in [0.1, 0.15) is 36.8 Å². The zero-order valence-electron chi connectivity index (χ0n) is 16.3. The minimum atomic E-state index is -4.54. The van der Waals surface area contributed by atoms with Gasteiger partial charge in [-0.05, 0) is 49.1 Å². The average Bonchev–Trinajstić information content (AvgIpc) is 3.02. The van der Waals surface area contributed by atoms with Crippen LogP contribution in [0.3, 0.4) is 0 Å². The molecule has 2 aromatic carbocycles. The molecule has 2 aromatic rings. The summed E-state index contributed by atoms with van der Waals surface area (Å²) in [5, 5.41) is 2.56. The van der Waals surface area contributed by atoms with Gasteiger partial charge in [0.25, 0.3) is 0 Å². The molecule has 1 fully saturated rings. The molecule has 4 nitrogen and oxygen atoms in total. The van der Waals surface area contributed by atoms with Crippen molar-refractivity contribution in [1.29, 1.82) is 0 Å². The summed E-state index contributed by atoms with van der Waals surface area (Å²) in [5.74, 6) is -1.69. The minimum absolute atomic E-state index is 0.0636. The molecule has 1 saturated heterocycles. The standard InChI is InChI=1S/C22H21F4N3O/c1-13-4-3-9-29(12-13)19-8-7-14(10-16(19)22(24,25)26)27-11-15-20-17(23)5-2-6-18(20)28-21(15)30/h2,5-8,10-11,13,15H,3-4,9,12H2,1H3,(H,28,30). The number of benzene rings is 2. The molecule has 4 rings (SSSR count). The van der Waals surface area contributed by atoms with E-state index in [1.54, 1.807) is 11.0 Å². The van der Waals surface area contributed by atoms with E-state index in [1.165, 1.54) is 30.5 Å². The van der Waals surface area contributed by atoms with E-state index >= 15 is 0 Å². The van der Waals surface area contributed by atoms with E-state index in [4.69, 9.17) is 0 Å². The summed E-state index contributed by atoms with van der Waals surface area (Å²) in [5.41, 5.74) is -0.0476. The minimum Gasteiger partial charge on any atom is -0.371 e. The Morgan fingerprint density at radius 3 is 2.77 bits per heavy atom. The third kappa shape index (κ3) is 3.91. The molecule has 0 spiro atoms. The van der Waals surface area contributed by atoms with Crippen LogP contribution in [-0.4, -0.2) is 25.2 Å². The first kappa shape index (κ1) is 20.4. The Hall–Kier alpha value is -2.90. The average molecular weight is 419 g/mol. The number of nitrogens with one attached hydrogen (secondary N) is 1.